The number of carbonyl (C=O) groups excluding carboxylic acids is 1. The molecule has 0 fully saturated rings. The minimum absolute atomic E-state index is 0.181. The minimum atomic E-state index is -0.181. The molecule has 4 rings (SSSR count). The van der Waals surface area contributed by atoms with Crippen molar-refractivity contribution in [3.8, 4) is 0 Å². The smallest absolute Gasteiger partial charge is 0.255 e. The predicted molar refractivity (Wildman–Crippen MR) is 115 cm³/mol. The van der Waals surface area contributed by atoms with Crippen LogP contribution in [0, 0.1) is 0 Å². The van der Waals surface area contributed by atoms with Crippen LogP contribution in [0.2, 0.25) is 0 Å². The van der Waals surface area contributed by atoms with E-state index in [-0.39, 0.29) is 5.91 Å². The molecule has 0 saturated carbocycles. The molecule has 4 aromatic rings. The summed E-state index contributed by atoms with van der Waals surface area (Å²) >= 11 is 0. The van der Waals surface area contributed by atoms with Crippen molar-refractivity contribution in [2.45, 2.75) is 20.4 Å². The monoisotopic (exact) mass is 372 g/mol. The molecule has 0 spiro atoms. The molecule has 0 aliphatic heterocycles. The fraction of sp³-hybridized carbons (Fsp3) is 0.130. The Morgan fingerprint density at radius 1 is 0.964 bits per heavy atom. The topological polar surface area (TPSA) is 72.9 Å². The third kappa shape index (κ3) is 4.38. The first-order valence-electron chi connectivity index (χ1n) is 9.36. The standard InChI is InChI=1S/C21H18N4O.C2H6/c22-18-6-2-4-8-20(18)23-21(26)16-11-9-15(10-12-16)13-25-14-17-5-1-3-7-19(17)24-25;1-2/h1-12,14H,13,22H2,(H,23,26);1-2H3. The van der Waals surface area contributed by atoms with E-state index >= 15 is 0 Å². The summed E-state index contributed by atoms with van der Waals surface area (Å²) in [6, 6.07) is 22.7. The first kappa shape index (κ1) is 19.2. The number of nitrogen functional groups attached to an aromatic ring is 1. The molecule has 0 aliphatic carbocycles. The molecule has 0 saturated heterocycles. The molecular formula is C23H24N4O. The van der Waals surface area contributed by atoms with Gasteiger partial charge in [-0.05, 0) is 35.9 Å². The number of rotatable bonds is 4. The summed E-state index contributed by atoms with van der Waals surface area (Å²) in [6.45, 7) is 4.65. The first-order chi connectivity index (χ1) is 13.7. The van der Waals surface area contributed by atoms with Crippen LogP contribution in [0.4, 0.5) is 11.4 Å². The van der Waals surface area contributed by atoms with Crippen LogP contribution in [0.1, 0.15) is 29.8 Å². The van der Waals surface area contributed by atoms with Crippen molar-refractivity contribution in [2.24, 2.45) is 0 Å². The lowest BCUT2D eigenvalue weighted by Crippen LogP contribution is -2.13. The number of para-hydroxylation sites is 2. The Balaban J connectivity index is 0.00000109. The maximum absolute atomic E-state index is 12.4. The zero-order valence-electron chi connectivity index (χ0n) is 16.1. The van der Waals surface area contributed by atoms with Gasteiger partial charge in [-0.1, -0.05) is 56.3 Å². The largest absolute Gasteiger partial charge is 0.397 e. The Labute approximate surface area is 164 Å². The number of hydrogen-bond acceptors (Lipinski definition) is 3. The lowest BCUT2D eigenvalue weighted by molar-refractivity contribution is 0.102. The van der Waals surface area contributed by atoms with Crippen LogP contribution >= 0.6 is 0 Å². The zero-order chi connectivity index (χ0) is 19.9. The molecular weight excluding hydrogens is 348 g/mol. The van der Waals surface area contributed by atoms with E-state index in [4.69, 9.17) is 5.73 Å². The van der Waals surface area contributed by atoms with Gasteiger partial charge in [-0.25, -0.2) is 0 Å². The van der Waals surface area contributed by atoms with Gasteiger partial charge in [0.25, 0.3) is 5.91 Å². The van der Waals surface area contributed by atoms with Gasteiger partial charge in [0.2, 0.25) is 0 Å². The number of anilines is 2. The van der Waals surface area contributed by atoms with Crippen LogP contribution < -0.4 is 11.1 Å². The molecule has 0 radical (unpaired) electrons. The summed E-state index contributed by atoms with van der Waals surface area (Å²) in [4.78, 5) is 12.4. The molecule has 0 aliphatic rings. The number of carbonyl (C=O) groups is 1. The van der Waals surface area contributed by atoms with Crippen molar-refractivity contribution in [2.75, 3.05) is 11.1 Å². The molecule has 3 aromatic carbocycles. The Bertz CT molecular complexity index is 1030. The molecule has 1 aromatic heterocycles. The SMILES string of the molecule is CC.Nc1ccccc1NC(=O)c1ccc(Cn2cc3ccccc3n2)cc1. The summed E-state index contributed by atoms with van der Waals surface area (Å²) in [5.41, 5.74) is 9.66. The van der Waals surface area contributed by atoms with E-state index in [1.165, 1.54) is 0 Å². The van der Waals surface area contributed by atoms with Crippen LogP contribution in [0.25, 0.3) is 10.9 Å². The average Bonchev–Trinajstić information content (AvgIpc) is 3.14. The predicted octanol–water partition coefficient (Wildman–Crippen LogP) is 4.95. The van der Waals surface area contributed by atoms with Gasteiger partial charge >= 0.3 is 0 Å². The molecule has 0 bridgehead atoms. The van der Waals surface area contributed by atoms with E-state index in [0.29, 0.717) is 23.5 Å². The summed E-state index contributed by atoms with van der Waals surface area (Å²) in [7, 11) is 0. The third-order valence-electron chi connectivity index (χ3n) is 4.23. The summed E-state index contributed by atoms with van der Waals surface area (Å²) in [5.74, 6) is -0.181. The van der Waals surface area contributed by atoms with Crippen LogP contribution in [0.3, 0.4) is 0 Å². The van der Waals surface area contributed by atoms with Gasteiger partial charge in [-0.3, -0.25) is 9.48 Å². The van der Waals surface area contributed by atoms with Crippen molar-refractivity contribution in [1.82, 2.24) is 9.78 Å². The quantitative estimate of drug-likeness (QED) is 0.498. The van der Waals surface area contributed by atoms with Gasteiger partial charge in [-0.2, -0.15) is 5.10 Å². The van der Waals surface area contributed by atoms with Crippen molar-refractivity contribution < 1.29 is 4.79 Å². The second kappa shape index (κ2) is 8.86. The first-order valence-corrected chi connectivity index (χ1v) is 9.36. The molecule has 142 valence electrons. The Hall–Kier alpha value is -3.60. The van der Waals surface area contributed by atoms with Crippen molar-refractivity contribution in [3.05, 3.63) is 90.1 Å². The summed E-state index contributed by atoms with van der Waals surface area (Å²) in [6.07, 6.45) is 2.02. The number of hydrogen-bond donors (Lipinski definition) is 2. The lowest BCUT2D eigenvalue weighted by atomic mass is 10.1. The zero-order valence-corrected chi connectivity index (χ0v) is 16.1. The van der Waals surface area contributed by atoms with Crippen LogP contribution in [0.5, 0.6) is 0 Å². The maximum Gasteiger partial charge on any atom is 0.255 e. The van der Waals surface area contributed by atoms with E-state index < -0.39 is 0 Å². The third-order valence-corrected chi connectivity index (χ3v) is 4.23. The number of aromatic nitrogens is 2. The van der Waals surface area contributed by atoms with Gasteiger partial charge in [0, 0.05) is 17.1 Å². The number of nitrogens with two attached hydrogens (primary N) is 1. The molecule has 0 atom stereocenters. The van der Waals surface area contributed by atoms with Crippen molar-refractivity contribution >= 4 is 28.2 Å². The van der Waals surface area contributed by atoms with Crippen molar-refractivity contribution in [3.63, 3.8) is 0 Å². The highest BCUT2D eigenvalue weighted by Gasteiger charge is 2.08. The Morgan fingerprint density at radius 3 is 2.36 bits per heavy atom. The molecule has 5 heteroatoms. The van der Waals surface area contributed by atoms with E-state index in [2.05, 4.69) is 10.4 Å². The normalized spacial score (nSPS) is 10.2. The second-order valence-corrected chi connectivity index (χ2v) is 6.12. The van der Waals surface area contributed by atoms with Crippen LogP contribution in [0.15, 0.2) is 79.0 Å². The highest BCUT2D eigenvalue weighted by molar-refractivity contribution is 6.05. The van der Waals surface area contributed by atoms with Gasteiger partial charge in [0.15, 0.2) is 0 Å². The fourth-order valence-corrected chi connectivity index (χ4v) is 2.85. The Kier molecular flexibility index (Phi) is 6.07. The number of benzene rings is 3. The lowest BCUT2D eigenvalue weighted by Gasteiger charge is -2.08. The molecule has 5 nitrogen and oxygen atoms in total. The molecule has 1 amide bonds. The average molecular weight is 372 g/mol. The summed E-state index contributed by atoms with van der Waals surface area (Å²) < 4.78 is 1.91. The number of nitrogens with zero attached hydrogens (tertiary/aromatic N) is 2. The molecule has 3 N–H and O–H groups in total. The Morgan fingerprint density at radius 2 is 1.64 bits per heavy atom. The number of nitrogens with one attached hydrogen (secondary N) is 1. The number of fused-ring (bicyclic) bond motifs is 1. The van der Waals surface area contributed by atoms with Gasteiger partial charge in [0.05, 0.1) is 23.4 Å². The highest BCUT2D eigenvalue weighted by Crippen LogP contribution is 2.18. The number of amides is 1. The van der Waals surface area contributed by atoms with E-state index in [9.17, 15) is 4.79 Å². The molecule has 0 unspecified atom stereocenters. The van der Waals surface area contributed by atoms with Gasteiger partial charge in [-0.15, -0.1) is 0 Å². The van der Waals surface area contributed by atoms with Crippen LogP contribution in [-0.2, 0) is 6.54 Å². The highest BCUT2D eigenvalue weighted by atomic mass is 16.1. The fourth-order valence-electron chi connectivity index (χ4n) is 2.85. The van der Waals surface area contributed by atoms with Gasteiger partial charge in [0.1, 0.15) is 0 Å². The second-order valence-electron chi connectivity index (χ2n) is 6.12. The maximum atomic E-state index is 12.4. The van der Waals surface area contributed by atoms with E-state index in [1.807, 2.05) is 85.4 Å². The minimum Gasteiger partial charge on any atom is -0.397 e. The van der Waals surface area contributed by atoms with E-state index in [0.717, 1.165) is 16.5 Å². The summed E-state index contributed by atoms with van der Waals surface area (Å²) in [5, 5.41) is 8.50. The van der Waals surface area contributed by atoms with Crippen LogP contribution in [-0.4, -0.2) is 15.7 Å². The molecule has 1 heterocycles. The van der Waals surface area contributed by atoms with Gasteiger partial charge < -0.3 is 11.1 Å². The van der Waals surface area contributed by atoms with E-state index in [1.54, 1.807) is 12.1 Å². The molecule has 28 heavy (non-hydrogen) atoms. The van der Waals surface area contributed by atoms with Crippen molar-refractivity contribution in [1.29, 1.82) is 0 Å².